The number of carbonyl (C=O) groups is 1. The second-order valence-electron chi connectivity index (χ2n) is 4.39. The highest BCUT2D eigenvalue weighted by Gasteiger charge is 2.15. The molecule has 1 aromatic carbocycles. The van der Waals surface area contributed by atoms with Crippen LogP contribution in [-0.4, -0.2) is 24.0 Å². The fourth-order valence-corrected chi connectivity index (χ4v) is 3.17. The Balaban J connectivity index is 0.00000162. The molecule has 0 unspecified atom stereocenters. The molecule has 3 nitrogen and oxygen atoms in total. The molecule has 1 aliphatic heterocycles. The van der Waals surface area contributed by atoms with Crippen LogP contribution in [0.25, 0.3) is 0 Å². The van der Waals surface area contributed by atoms with Gasteiger partial charge in [-0.15, -0.1) is 12.4 Å². The predicted octanol–water partition coefficient (Wildman–Crippen LogP) is 2.56. The minimum absolute atomic E-state index is 0. The number of nitrogen functional groups attached to an aromatic ring is 1. The number of nitrogens with two attached hydrogens (primary N) is 1. The summed E-state index contributed by atoms with van der Waals surface area (Å²) in [6.45, 7) is 0.786. The molecule has 5 heteroatoms. The Labute approximate surface area is 118 Å². The molecule has 100 valence electrons. The van der Waals surface area contributed by atoms with Gasteiger partial charge in [0.05, 0.1) is 0 Å². The summed E-state index contributed by atoms with van der Waals surface area (Å²) in [6, 6.07) is 7.10. The van der Waals surface area contributed by atoms with Gasteiger partial charge < -0.3 is 11.1 Å². The van der Waals surface area contributed by atoms with E-state index >= 15 is 0 Å². The monoisotopic (exact) mass is 286 g/mol. The number of rotatable bonds is 3. The summed E-state index contributed by atoms with van der Waals surface area (Å²) in [5.41, 5.74) is 6.93. The summed E-state index contributed by atoms with van der Waals surface area (Å²) in [6.07, 6.45) is 2.42. The molecule has 2 rings (SSSR count). The fraction of sp³-hybridized carbons (Fsp3) is 0.462. The molecule has 0 aromatic heterocycles. The molecule has 18 heavy (non-hydrogen) atoms. The molecule has 0 bridgehead atoms. The Kier molecular flexibility index (Phi) is 6.36. The third kappa shape index (κ3) is 4.42. The highest BCUT2D eigenvalue weighted by molar-refractivity contribution is 7.99. The highest BCUT2D eigenvalue weighted by atomic mass is 35.5. The minimum Gasteiger partial charge on any atom is -0.399 e. The van der Waals surface area contributed by atoms with E-state index in [0.717, 1.165) is 6.54 Å². The second kappa shape index (κ2) is 7.54. The zero-order valence-electron chi connectivity index (χ0n) is 10.2. The lowest BCUT2D eigenvalue weighted by Crippen LogP contribution is -2.30. The summed E-state index contributed by atoms with van der Waals surface area (Å²) in [5.74, 6) is 3.06. The van der Waals surface area contributed by atoms with E-state index in [-0.39, 0.29) is 18.3 Å². The number of amides is 1. The Hall–Kier alpha value is -0.870. The summed E-state index contributed by atoms with van der Waals surface area (Å²) < 4.78 is 0. The van der Waals surface area contributed by atoms with Crippen LogP contribution in [-0.2, 0) is 0 Å². The van der Waals surface area contributed by atoms with Crippen LogP contribution in [0.2, 0.25) is 0 Å². The van der Waals surface area contributed by atoms with Gasteiger partial charge in [-0.1, -0.05) is 6.07 Å². The van der Waals surface area contributed by atoms with E-state index in [4.69, 9.17) is 5.73 Å². The van der Waals surface area contributed by atoms with E-state index in [2.05, 4.69) is 5.32 Å². The van der Waals surface area contributed by atoms with Crippen molar-refractivity contribution in [3.8, 4) is 0 Å². The van der Waals surface area contributed by atoms with Gasteiger partial charge in [-0.05, 0) is 48.5 Å². The largest absolute Gasteiger partial charge is 0.399 e. The predicted molar refractivity (Wildman–Crippen MR) is 80.5 cm³/mol. The van der Waals surface area contributed by atoms with Crippen molar-refractivity contribution in [1.82, 2.24) is 5.32 Å². The molecule has 0 radical (unpaired) electrons. The fourth-order valence-electron chi connectivity index (χ4n) is 1.97. The lowest BCUT2D eigenvalue weighted by molar-refractivity contribution is 0.0946. The number of anilines is 1. The second-order valence-corrected chi connectivity index (χ2v) is 5.62. The number of carbonyl (C=O) groups excluding carboxylic acids is 1. The van der Waals surface area contributed by atoms with Crippen molar-refractivity contribution in [2.45, 2.75) is 12.8 Å². The molecule has 0 atom stereocenters. The first kappa shape index (κ1) is 15.2. The normalized spacial score (nSPS) is 15.8. The standard InChI is InChI=1S/C13H18N2OS.ClH/c14-12-3-1-2-11(8-12)13(16)15-9-10-4-6-17-7-5-10;/h1-3,8,10H,4-7,9,14H2,(H,15,16);1H. The molecule has 1 amide bonds. The molecule has 1 fully saturated rings. The molecule has 1 aliphatic rings. The van der Waals surface area contributed by atoms with Crippen LogP contribution >= 0.6 is 24.2 Å². The smallest absolute Gasteiger partial charge is 0.251 e. The topological polar surface area (TPSA) is 55.1 Å². The molecule has 1 aromatic rings. The maximum atomic E-state index is 11.9. The lowest BCUT2D eigenvalue weighted by Gasteiger charge is -2.21. The van der Waals surface area contributed by atoms with Gasteiger partial charge in [0.15, 0.2) is 0 Å². The number of nitrogens with one attached hydrogen (secondary N) is 1. The van der Waals surface area contributed by atoms with Crippen molar-refractivity contribution in [3.63, 3.8) is 0 Å². The first-order valence-electron chi connectivity index (χ1n) is 5.97. The van der Waals surface area contributed by atoms with Crippen LogP contribution in [0.4, 0.5) is 5.69 Å². The van der Waals surface area contributed by atoms with Crippen molar-refractivity contribution in [2.24, 2.45) is 5.92 Å². The van der Waals surface area contributed by atoms with Crippen molar-refractivity contribution < 1.29 is 4.79 Å². The van der Waals surface area contributed by atoms with Crippen molar-refractivity contribution in [1.29, 1.82) is 0 Å². The zero-order chi connectivity index (χ0) is 12.1. The van der Waals surface area contributed by atoms with Crippen LogP contribution in [0.5, 0.6) is 0 Å². The van der Waals surface area contributed by atoms with Gasteiger partial charge in [0.2, 0.25) is 0 Å². The minimum atomic E-state index is -0.0180. The Morgan fingerprint density at radius 3 is 2.78 bits per heavy atom. The van der Waals surface area contributed by atoms with Crippen LogP contribution in [0.15, 0.2) is 24.3 Å². The maximum absolute atomic E-state index is 11.9. The Bertz CT molecular complexity index is 394. The van der Waals surface area contributed by atoms with Gasteiger partial charge in [-0.25, -0.2) is 0 Å². The quantitative estimate of drug-likeness (QED) is 0.840. The van der Waals surface area contributed by atoms with E-state index in [1.165, 1.54) is 24.3 Å². The van der Waals surface area contributed by atoms with Gasteiger partial charge in [0.25, 0.3) is 5.91 Å². The highest BCUT2D eigenvalue weighted by Crippen LogP contribution is 2.21. The number of hydrogen-bond acceptors (Lipinski definition) is 3. The van der Waals surface area contributed by atoms with Gasteiger partial charge in [-0.2, -0.15) is 11.8 Å². The maximum Gasteiger partial charge on any atom is 0.251 e. The summed E-state index contributed by atoms with van der Waals surface area (Å²) in [5, 5.41) is 2.99. The number of hydrogen-bond donors (Lipinski definition) is 2. The van der Waals surface area contributed by atoms with E-state index < -0.39 is 0 Å². The SMILES string of the molecule is Cl.Nc1cccc(C(=O)NCC2CCSCC2)c1. The number of benzene rings is 1. The summed E-state index contributed by atoms with van der Waals surface area (Å²) in [4.78, 5) is 11.9. The van der Waals surface area contributed by atoms with Gasteiger partial charge >= 0.3 is 0 Å². The van der Waals surface area contributed by atoms with Crippen molar-refractivity contribution in [2.75, 3.05) is 23.8 Å². The molecule has 3 N–H and O–H groups in total. The van der Waals surface area contributed by atoms with Crippen LogP contribution in [0, 0.1) is 5.92 Å². The van der Waals surface area contributed by atoms with E-state index in [1.54, 1.807) is 18.2 Å². The van der Waals surface area contributed by atoms with Crippen LogP contribution in [0.1, 0.15) is 23.2 Å². The molecule has 0 aliphatic carbocycles. The molecular formula is C13H19ClN2OS. The van der Waals surface area contributed by atoms with Gasteiger partial charge in [-0.3, -0.25) is 4.79 Å². The molecule has 1 saturated heterocycles. The zero-order valence-corrected chi connectivity index (χ0v) is 11.9. The molecule has 0 spiro atoms. The lowest BCUT2D eigenvalue weighted by atomic mass is 10.0. The van der Waals surface area contributed by atoms with E-state index in [0.29, 0.717) is 17.2 Å². The molecule has 0 saturated carbocycles. The van der Waals surface area contributed by atoms with Gasteiger partial charge in [0, 0.05) is 17.8 Å². The summed E-state index contributed by atoms with van der Waals surface area (Å²) >= 11 is 2.00. The molecular weight excluding hydrogens is 268 g/mol. The first-order valence-corrected chi connectivity index (χ1v) is 7.12. The van der Waals surface area contributed by atoms with E-state index in [9.17, 15) is 4.79 Å². The average Bonchev–Trinajstić information content (AvgIpc) is 2.37. The third-order valence-electron chi connectivity index (χ3n) is 3.04. The van der Waals surface area contributed by atoms with Gasteiger partial charge in [0.1, 0.15) is 0 Å². The van der Waals surface area contributed by atoms with Crippen molar-refractivity contribution in [3.05, 3.63) is 29.8 Å². The van der Waals surface area contributed by atoms with Crippen molar-refractivity contribution >= 4 is 35.8 Å². The average molecular weight is 287 g/mol. The number of thioether (sulfide) groups is 1. The number of halogens is 1. The first-order chi connectivity index (χ1) is 8.25. The van der Waals surface area contributed by atoms with Crippen LogP contribution < -0.4 is 11.1 Å². The summed E-state index contributed by atoms with van der Waals surface area (Å²) in [7, 11) is 0. The Morgan fingerprint density at radius 1 is 1.39 bits per heavy atom. The Morgan fingerprint density at radius 2 is 2.11 bits per heavy atom. The third-order valence-corrected chi connectivity index (χ3v) is 4.09. The molecule has 1 heterocycles. The van der Waals surface area contributed by atoms with E-state index in [1.807, 2.05) is 17.8 Å². The van der Waals surface area contributed by atoms with Crippen LogP contribution in [0.3, 0.4) is 0 Å².